The minimum atomic E-state index is -0.443. The van der Waals surface area contributed by atoms with E-state index in [-0.39, 0.29) is 24.5 Å². The van der Waals surface area contributed by atoms with Gasteiger partial charge < -0.3 is 14.8 Å². The van der Waals surface area contributed by atoms with E-state index in [9.17, 15) is 14.4 Å². The first-order valence-electron chi connectivity index (χ1n) is 12.0. The van der Waals surface area contributed by atoms with Crippen molar-refractivity contribution in [2.24, 2.45) is 0 Å². The monoisotopic (exact) mass is 486 g/mol. The van der Waals surface area contributed by atoms with Gasteiger partial charge in [-0.3, -0.25) is 19.3 Å². The van der Waals surface area contributed by atoms with Crippen molar-refractivity contribution in [1.29, 1.82) is 0 Å². The Hall–Kier alpha value is -4.13. The predicted molar refractivity (Wildman–Crippen MR) is 136 cm³/mol. The molecular weight excluding hydrogens is 456 g/mol. The first kappa shape index (κ1) is 25.0. The molecule has 0 bridgehead atoms. The van der Waals surface area contributed by atoms with Crippen LogP contribution in [0.1, 0.15) is 58.0 Å². The van der Waals surface area contributed by atoms with Gasteiger partial charge in [0.25, 0.3) is 11.8 Å². The smallest absolute Gasteiger partial charge is 0.262 e. The molecule has 0 aliphatic carbocycles. The van der Waals surface area contributed by atoms with Crippen molar-refractivity contribution < 1.29 is 23.9 Å². The van der Waals surface area contributed by atoms with E-state index < -0.39 is 11.8 Å². The Kier molecular flexibility index (Phi) is 7.68. The summed E-state index contributed by atoms with van der Waals surface area (Å²) in [6.07, 6.45) is 0.678. The minimum absolute atomic E-state index is 0.0474. The molecule has 0 radical (unpaired) electrons. The van der Waals surface area contributed by atoms with Crippen LogP contribution in [-0.4, -0.2) is 48.9 Å². The zero-order valence-electron chi connectivity index (χ0n) is 20.7. The molecule has 4 rings (SSSR count). The fourth-order valence-corrected chi connectivity index (χ4v) is 4.45. The van der Waals surface area contributed by atoms with Gasteiger partial charge in [-0.15, -0.1) is 0 Å². The molecule has 1 aliphatic rings. The van der Waals surface area contributed by atoms with Gasteiger partial charge in [0.1, 0.15) is 18.0 Å². The van der Waals surface area contributed by atoms with Crippen molar-refractivity contribution >= 4 is 17.7 Å². The first-order chi connectivity index (χ1) is 17.4. The van der Waals surface area contributed by atoms with Crippen LogP contribution in [0.2, 0.25) is 0 Å². The summed E-state index contributed by atoms with van der Waals surface area (Å²) in [7, 11) is 1.64. The first-order valence-corrected chi connectivity index (χ1v) is 12.0. The van der Waals surface area contributed by atoms with Crippen LogP contribution in [0, 0.1) is 0 Å². The maximum Gasteiger partial charge on any atom is 0.262 e. The Morgan fingerprint density at radius 2 is 1.50 bits per heavy atom. The Labute approximate surface area is 211 Å². The highest BCUT2D eigenvalue weighted by atomic mass is 16.5. The number of para-hydroxylation sites is 1. The summed E-state index contributed by atoms with van der Waals surface area (Å²) in [6, 6.07) is 22.3. The highest BCUT2D eigenvalue weighted by molar-refractivity contribution is 6.22. The van der Waals surface area contributed by atoms with Crippen molar-refractivity contribution in [2.45, 2.75) is 32.3 Å². The van der Waals surface area contributed by atoms with E-state index >= 15 is 0 Å². The SMILES string of the molecule is COc1ccccc1C(CCNC(=O)CN1C(=O)c2ccccc2C1=O)c1ccc(OC(C)C)cc1. The topological polar surface area (TPSA) is 84.9 Å². The predicted octanol–water partition coefficient (Wildman–Crippen LogP) is 4.42. The van der Waals surface area contributed by atoms with Crippen LogP contribution in [0.4, 0.5) is 0 Å². The van der Waals surface area contributed by atoms with Crippen LogP contribution in [0.3, 0.4) is 0 Å². The summed E-state index contributed by atoms with van der Waals surface area (Å²) >= 11 is 0. The summed E-state index contributed by atoms with van der Waals surface area (Å²) in [5, 5.41) is 2.87. The zero-order chi connectivity index (χ0) is 25.7. The van der Waals surface area contributed by atoms with E-state index in [0.29, 0.717) is 24.1 Å². The quantitative estimate of drug-likeness (QED) is 0.429. The number of rotatable bonds is 10. The van der Waals surface area contributed by atoms with Gasteiger partial charge in [0.05, 0.1) is 24.3 Å². The summed E-state index contributed by atoms with van der Waals surface area (Å²) in [5.74, 6) is 0.240. The average molecular weight is 487 g/mol. The van der Waals surface area contributed by atoms with E-state index in [1.54, 1.807) is 31.4 Å². The number of carbonyl (C=O) groups is 3. The largest absolute Gasteiger partial charge is 0.496 e. The number of nitrogens with one attached hydrogen (secondary N) is 1. The van der Waals surface area contributed by atoms with Gasteiger partial charge in [-0.2, -0.15) is 0 Å². The molecule has 0 aromatic heterocycles. The normalized spacial score (nSPS) is 13.5. The highest BCUT2D eigenvalue weighted by Gasteiger charge is 2.36. The fraction of sp³-hybridized carbons (Fsp3) is 0.276. The van der Waals surface area contributed by atoms with E-state index in [1.807, 2.05) is 62.4 Å². The van der Waals surface area contributed by atoms with Gasteiger partial charge in [0, 0.05) is 18.0 Å². The number of carbonyl (C=O) groups excluding carboxylic acids is 3. The van der Waals surface area contributed by atoms with Gasteiger partial charge >= 0.3 is 0 Å². The third-order valence-corrected chi connectivity index (χ3v) is 6.10. The second kappa shape index (κ2) is 11.1. The standard InChI is InChI=1S/C29H30N2O5/c1-19(2)36-21-14-12-20(13-15-21)22(23-8-6-7-11-26(23)35-3)16-17-30-27(32)18-31-28(33)24-9-4-5-10-25(24)29(31)34/h4-15,19,22H,16-18H2,1-3H3,(H,30,32). The van der Waals surface area contributed by atoms with E-state index in [4.69, 9.17) is 9.47 Å². The molecule has 0 saturated heterocycles. The summed E-state index contributed by atoms with van der Waals surface area (Å²) in [5.41, 5.74) is 2.73. The van der Waals surface area contributed by atoms with Crippen LogP contribution < -0.4 is 14.8 Å². The van der Waals surface area contributed by atoms with Crippen molar-refractivity contribution in [3.8, 4) is 11.5 Å². The number of nitrogens with zero attached hydrogens (tertiary/aromatic N) is 1. The molecule has 1 unspecified atom stereocenters. The van der Waals surface area contributed by atoms with E-state index in [2.05, 4.69) is 5.32 Å². The number of benzene rings is 3. The maximum absolute atomic E-state index is 12.7. The molecule has 0 fully saturated rings. The lowest BCUT2D eigenvalue weighted by atomic mass is 9.88. The second-order valence-corrected chi connectivity index (χ2v) is 8.91. The molecule has 186 valence electrons. The fourth-order valence-electron chi connectivity index (χ4n) is 4.45. The number of ether oxygens (including phenoxy) is 2. The number of fused-ring (bicyclic) bond motifs is 1. The van der Waals surface area contributed by atoms with Crippen LogP contribution in [0.15, 0.2) is 72.8 Å². The molecule has 1 N–H and O–H groups in total. The molecule has 1 aliphatic heterocycles. The lowest BCUT2D eigenvalue weighted by Gasteiger charge is -2.22. The summed E-state index contributed by atoms with van der Waals surface area (Å²) < 4.78 is 11.4. The van der Waals surface area contributed by atoms with Crippen LogP contribution >= 0.6 is 0 Å². The van der Waals surface area contributed by atoms with E-state index in [1.165, 1.54) is 0 Å². The van der Waals surface area contributed by atoms with Crippen molar-refractivity contribution in [3.63, 3.8) is 0 Å². The third-order valence-electron chi connectivity index (χ3n) is 6.10. The zero-order valence-corrected chi connectivity index (χ0v) is 20.7. The van der Waals surface area contributed by atoms with Crippen LogP contribution in [0.25, 0.3) is 0 Å². The summed E-state index contributed by atoms with van der Waals surface area (Å²) in [6.45, 7) is 4.01. The van der Waals surface area contributed by atoms with Gasteiger partial charge in [-0.25, -0.2) is 0 Å². The molecular formula is C29H30N2O5. The second-order valence-electron chi connectivity index (χ2n) is 8.91. The average Bonchev–Trinajstić information content (AvgIpc) is 3.12. The molecule has 1 heterocycles. The number of hydrogen-bond acceptors (Lipinski definition) is 5. The van der Waals surface area contributed by atoms with Crippen molar-refractivity contribution in [1.82, 2.24) is 10.2 Å². The molecule has 0 saturated carbocycles. The van der Waals surface area contributed by atoms with Gasteiger partial charge in [0.15, 0.2) is 0 Å². The van der Waals surface area contributed by atoms with Gasteiger partial charge in [-0.1, -0.05) is 42.5 Å². The number of amides is 3. The maximum atomic E-state index is 12.7. The number of hydrogen-bond donors (Lipinski definition) is 1. The molecule has 0 spiro atoms. The molecule has 3 aromatic rings. The van der Waals surface area contributed by atoms with Gasteiger partial charge in [-0.05, 0) is 56.2 Å². The van der Waals surface area contributed by atoms with Crippen LogP contribution in [0.5, 0.6) is 11.5 Å². The Morgan fingerprint density at radius 1 is 0.889 bits per heavy atom. The van der Waals surface area contributed by atoms with Crippen LogP contribution in [-0.2, 0) is 4.79 Å². The summed E-state index contributed by atoms with van der Waals surface area (Å²) in [4.78, 5) is 38.8. The lowest BCUT2D eigenvalue weighted by Crippen LogP contribution is -2.40. The Morgan fingerprint density at radius 3 is 2.11 bits per heavy atom. The Balaban J connectivity index is 1.44. The highest BCUT2D eigenvalue weighted by Crippen LogP contribution is 2.35. The van der Waals surface area contributed by atoms with Gasteiger partial charge in [0.2, 0.25) is 5.91 Å². The Bertz CT molecular complexity index is 1220. The molecule has 3 amide bonds. The molecule has 1 atom stereocenters. The molecule has 7 heteroatoms. The third kappa shape index (κ3) is 5.40. The van der Waals surface area contributed by atoms with Crippen molar-refractivity contribution in [3.05, 3.63) is 95.1 Å². The van der Waals surface area contributed by atoms with E-state index in [0.717, 1.165) is 27.5 Å². The number of imide groups is 1. The molecule has 7 nitrogen and oxygen atoms in total. The molecule has 36 heavy (non-hydrogen) atoms. The minimum Gasteiger partial charge on any atom is -0.496 e. The molecule has 3 aromatic carbocycles. The number of methoxy groups -OCH3 is 1. The lowest BCUT2D eigenvalue weighted by molar-refractivity contribution is -0.121. The van der Waals surface area contributed by atoms with Crippen molar-refractivity contribution in [2.75, 3.05) is 20.2 Å².